The lowest BCUT2D eigenvalue weighted by molar-refractivity contribution is 0.482. The van der Waals surface area contributed by atoms with E-state index in [0.717, 1.165) is 45.4 Å². The molecular weight excluding hydrogens is 554 g/mol. The summed E-state index contributed by atoms with van der Waals surface area (Å²) in [4.78, 5) is 9.20. The van der Waals surface area contributed by atoms with Gasteiger partial charge in [0.25, 0.3) is 0 Å². The molecule has 0 saturated heterocycles. The molecule has 1 aliphatic rings. The molecule has 0 saturated carbocycles. The highest BCUT2D eigenvalue weighted by atomic mass is 16.5. The van der Waals surface area contributed by atoms with Crippen molar-refractivity contribution in [2.75, 3.05) is 16.5 Å². The SMILES string of the molecule is Cc1cc(C(C)(C)C)cc(C)c1N1CN(c2cccc(Oc3cccc(-n4cc(-c5ccccc5)cn4)c3)c2)c2cnccc21. The summed E-state index contributed by atoms with van der Waals surface area (Å²) in [5, 5.41) is 4.60. The van der Waals surface area contributed by atoms with E-state index in [1.54, 1.807) is 0 Å². The Bertz CT molecular complexity index is 1970. The van der Waals surface area contributed by atoms with Crippen LogP contribution in [-0.2, 0) is 5.41 Å². The Morgan fingerprint density at radius 2 is 1.36 bits per heavy atom. The quantitative estimate of drug-likeness (QED) is 0.193. The topological polar surface area (TPSA) is 46.4 Å². The van der Waals surface area contributed by atoms with Crippen molar-refractivity contribution in [2.24, 2.45) is 0 Å². The predicted molar refractivity (Wildman–Crippen MR) is 184 cm³/mol. The number of fused-ring (bicyclic) bond motifs is 1. The molecule has 6 nitrogen and oxygen atoms in total. The maximum atomic E-state index is 6.42. The van der Waals surface area contributed by atoms with Gasteiger partial charge in [0, 0.05) is 41.5 Å². The Kier molecular flexibility index (Phi) is 7.13. The van der Waals surface area contributed by atoms with E-state index in [4.69, 9.17) is 4.74 Å². The van der Waals surface area contributed by atoms with E-state index in [9.17, 15) is 0 Å². The van der Waals surface area contributed by atoms with Crippen LogP contribution in [0.15, 0.2) is 122 Å². The van der Waals surface area contributed by atoms with Crippen LogP contribution >= 0.6 is 0 Å². The summed E-state index contributed by atoms with van der Waals surface area (Å²) < 4.78 is 8.30. The van der Waals surface area contributed by atoms with Crippen molar-refractivity contribution in [3.05, 3.63) is 139 Å². The smallest absolute Gasteiger partial charge is 0.129 e. The van der Waals surface area contributed by atoms with Gasteiger partial charge in [0.05, 0.1) is 29.5 Å². The van der Waals surface area contributed by atoms with Crippen molar-refractivity contribution in [1.82, 2.24) is 14.8 Å². The van der Waals surface area contributed by atoms with E-state index in [1.807, 2.05) is 84.1 Å². The van der Waals surface area contributed by atoms with Gasteiger partial charge in [-0.2, -0.15) is 5.10 Å². The van der Waals surface area contributed by atoms with Crippen molar-refractivity contribution in [2.45, 2.75) is 40.0 Å². The average Bonchev–Trinajstić information content (AvgIpc) is 3.68. The number of nitrogens with zero attached hydrogens (tertiary/aromatic N) is 5. The molecule has 224 valence electrons. The van der Waals surface area contributed by atoms with E-state index in [0.29, 0.717) is 6.67 Å². The lowest BCUT2D eigenvalue weighted by Gasteiger charge is -2.28. The zero-order valence-electron chi connectivity index (χ0n) is 26.4. The molecule has 4 aromatic carbocycles. The number of benzene rings is 4. The number of ether oxygens (including phenoxy) is 1. The Morgan fingerprint density at radius 3 is 2.07 bits per heavy atom. The molecule has 0 bridgehead atoms. The molecule has 0 N–H and O–H groups in total. The molecule has 0 spiro atoms. The lowest BCUT2D eigenvalue weighted by Crippen LogP contribution is -2.25. The minimum atomic E-state index is 0.0936. The first kappa shape index (κ1) is 28.4. The first-order chi connectivity index (χ1) is 21.7. The fourth-order valence-corrected chi connectivity index (χ4v) is 6.12. The number of pyridine rings is 1. The highest BCUT2D eigenvalue weighted by Crippen LogP contribution is 2.46. The highest BCUT2D eigenvalue weighted by molar-refractivity contribution is 5.88. The van der Waals surface area contributed by atoms with E-state index in [2.05, 4.69) is 97.0 Å². The van der Waals surface area contributed by atoms with Crippen LogP contribution in [0.25, 0.3) is 16.8 Å². The molecule has 3 heterocycles. The van der Waals surface area contributed by atoms with Crippen molar-refractivity contribution < 1.29 is 4.74 Å². The number of rotatable bonds is 6. The standard InChI is InChI=1S/C39H37N5O/c1-27-19-31(39(3,4)5)20-28(2)38(27)43-26-42(37-24-40-18-17-36(37)43)32-13-9-15-34(21-32)45-35-16-10-14-33(22-35)44-25-30(23-41-44)29-11-7-6-8-12-29/h6-25H,26H2,1-5H3. The van der Waals surface area contributed by atoms with E-state index in [-0.39, 0.29) is 5.41 Å². The number of anilines is 4. The second kappa shape index (κ2) is 11.3. The predicted octanol–water partition coefficient (Wildman–Crippen LogP) is 9.89. The van der Waals surface area contributed by atoms with Gasteiger partial charge >= 0.3 is 0 Å². The van der Waals surface area contributed by atoms with Crippen molar-refractivity contribution >= 4 is 22.7 Å². The average molecular weight is 592 g/mol. The second-order valence-electron chi connectivity index (χ2n) is 12.7. The molecule has 0 fully saturated rings. The van der Waals surface area contributed by atoms with Gasteiger partial charge < -0.3 is 14.5 Å². The lowest BCUT2D eigenvalue weighted by atomic mass is 9.84. The summed E-state index contributed by atoms with van der Waals surface area (Å²) in [6.45, 7) is 11.9. The third-order valence-electron chi connectivity index (χ3n) is 8.41. The van der Waals surface area contributed by atoms with Gasteiger partial charge in [-0.05, 0) is 71.8 Å². The van der Waals surface area contributed by atoms with Crippen LogP contribution in [-0.4, -0.2) is 21.4 Å². The van der Waals surface area contributed by atoms with Crippen molar-refractivity contribution in [1.29, 1.82) is 0 Å². The van der Waals surface area contributed by atoms with E-state index < -0.39 is 0 Å². The first-order valence-corrected chi connectivity index (χ1v) is 15.3. The fourth-order valence-electron chi connectivity index (χ4n) is 6.12. The molecular formula is C39H37N5O. The van der Waals surface area contributed by atoms with Gasteiger partial charge in [-0.15, -0.1) is 0 Å². The fraction of sp³-hybridized carbons (Fsp3) is 0.179. The first-order valence-electron chi connectivity index (χ1n) is 15.3. The Balaban J connectivity index is 1.16. The molecule has 0 unspecified atom stereocenters. The molecule has 7 rings (SSSR count). The summed E-state index contributed by atoms with van der Waals surface area (Å²) in [6.07, 6.45) is 7.76. The monoisotopic (exact) mass is 591 g/mol. The highest BCUT2D eigenvalue weighted by Gasteiger charge is 2.30. The molecule has 0 amide bonds. The zero-order valence-corrected chi connectivity index (χ0v) is 26.4. The maximum absolute atomic E-state index is 6.42. The molecule has 6 aromatic rings. The third-order valence-corrected chi connectivity index (χ3v) is 8.41. The van der Waals surface area contributed by atoms with Crippen LogP contribution in [0.2, 0.25) is 0 Å². The summed E-state index contributed by atoms with van der Waals surface area (Å²) >= 11 is 0. The number of aromatic nitrogens is 3. The van der Waals surface area contributed by atoms with E-state index in [1.165, 1.54) is 22.4 Å². The largest absolute Gasteiger partial charge is 0.457 e. The Labute approximate surface area is 265 Å². The summed E-state index contributed by atoms with van der Waals surface area (Å²) in [7, 11) is 0. The molecule has 1 aliphatic heterocycles. The van der Waals surface area contributed by atoms with Crippen molar-refractivity contribution in [3.63, 3.8) is 0 Å². The Hall–Kier alpha value is -5.36. The third kappa shape index (κ3) is 5.55. The number of aryl methyl sites for hydroxylation is 2. The summed E-state index contributed by atoms with van der Waals surface area (Å²) in [5.41, 5.74) is 11.6. The van der Waals surface area contributed by atoms with Crippen LogP contribution in [0.4, 0.5) is 22.7 Å². The van der Waals surface area contributed by atoms with Gasteiger partial charge in [-0.3, -0.25) is 4.98 Å². The number of hydrogen-bond acceptors (Lipinski definition) is 5. The molecule has 0 atom stereocenters. The molecule has 2 aromatic heterocycles. The molecule has 45 heavy (non-hydrogen) atoms. The second-order valence-corrected chi connectivity index (χ2v) is 12.7. The molecule has 0 radical (unpaired) electrons. The summed E-state index contributed by atoms with van der Waals surface area (Å²) in [5.74, 6) is 1.51. The van der Waals surface area contributed by atoms with Gasteiger partial charge in [-0.1, -0.05) is 75.4 Å². The normalized spacial score (nSPS) is 12.8. The van der Waals surface area contributed by atoms with Gasteiger partial charge in [0.1, 0.15) is 18.2 Å². The van der Waals surface area contributed by atoms with E-state index >= 15 is 0 Å². The number of hydrogen-bond donors (Lipinski definition) is 0. The van der Waals surface area contributed by atoms with Crippen LogP contribution < -0.4 is 14.5 Å². The minimum Gasteiger partial charge on any atom is -0.457 e. The van der Waals surface area contributed by atoms with Gasteiger partial charge in [0.15, 0.2) is 0 Å². The summed E-state index contributed by atoms with van der Waals surface area (Å²) in [6, 6.07) is 33.3. The van der Waals surface area contributed by atoms with Gasteiger partial charge in [0.2, 0.25) is 0 Å². The minimum absolute atomic E-state index is 0.0936. The molecule has 0 aliphatic carbocycles. The van der Waals surface area contributed by atoms with Crippen LogP contribution in [0, 0.1) is 13.8 Å². The zero-order chi connectivity index (χ0) is 31.1. The molecule has 6 heteroatoms. The van der Waals surface area contributed by atoms with Crippen LogP contribution in [0.5, 0.6) is 11.5 Å². The van der Waals surface area contributed by atoms with Crippen molar-refractivity contribution in [3.8, 4) is 28.3 Å². The van der Waals surface area contributed by atoms with Crippen LogP contribution in [0.3, 0.4) is 0 Å². The Morgan fingerprint density at radius 1 is 0.667 bits per heavy atom. The maximum Gasteiger partial charge on any atom is 0.129 e. The van der Waals surface area contributed by atoms with Gasteiger partial charge in [-0.25, -0.2) is 4.68 Å². The van der Waals surface area contributed by atoms with Crippen LogP contribution in [0.1, 0.15) is 37.5 Å².